The SMILES string of the molecule is CCOC(=O)c1cc(-n2cncn2)cc(-c2cccc(C#CC(=O)CCN(C)C)c2)n1. The second kappa shape index (κ2) is 10.3. The molecule has 2 aromatic heterocycles. The molecule has 0 bridgehead atoms. The van der Waals surface area contributed by atoms with Crippen molar-refractivity contribution in [3.63, 3.8) is 0 Å². The van der Waals surface area contributed by atoms with Crippen LogP contribution in [-0.4, -0.2) is 63.6 Å². The summed E-state index contributed by atoms with van der Waals surface area (Å²) in [5.41, 5.74) is 2.78. The van der Waals surface area contributed by atoms with Crippen LogP contribution in [0.1, 0.15) is 29.4 Å². The minimum absolute atomic E-state index is 0.116. The Balaban J connectivity index is 1.94. The number of Topliss-reactive ketones (excluding diaryl/α,β-unsaturated/α-hetero) is 1. The normalized spacial score (nSPS) is 10.5. The quantitative estimate of drug-likeness (QED) is 0.431. The third-order valence-corrected chi connectivity index (χ3v) is 4.27. The molecule has 0 amide bonds. The molecule has 8 nitrogen and oxygen atoms in total. The van der Waals surface area contributed by atoms with Gasteiger partial charge in [0, 0.05) is 24.1 Å². The lowest BCUT2D eigenvalue weighted by molar-refractivity contribution is -0.114. The molecule has 0 aliphatic heterocycles. The lowest BCUT2D eigenvalue weighted by Crippen LogP contribution is -2.15. The van der Waals surface area contributed by atoms with Gasteiger partial charge >= 0.3 is 5.97 Å². The Morgan fingerprint density at radius 2 is 2.03 bits per heavy atom. The summed E-state index contributed by atoms with van der Waals surface area (Å²) in [4.78, 5) is 34.6. The summed E-state index contributed by atoms with van der Waals surface area (Å²) in [5.74, 6) is 4.96. The van der Waals surface area contributed by atoms with Crippen LogP contribution in [-0.2, 0) is 9.53 Å². The van der Waals surface area contributed by atoms with Crippen LogP contribution in [0.2, 0.25) is 0 Å². The third kappa shape index (κ3) is 6.07. The monoisotopic (exact) mass is 417 g/mol. The first kappa shape index (κ1) is 21.9. The molecule has 31 heavy (non-hydrogen) atoms. The number of hydrogen-bond acceptors (Lipinski definition) is 7. The van der Waals surface area contributed by atoms with Gasteiger partial charge in [-0.3, -0.25) is 4.79 Å². The van der Waals surface area contributed by atoms with Crippen LogP contribution in [0.25, 0.3) is 16.9 Å². The highest BCUT2D eigenvalue weighted by Gasteiger charge is 2.14. The molecule has 0 fully saturated rings. The fraction of sp³-hybridized carbons (Fsp3) is 0.261. The van der Waals surface area contributed by atoms with E-state index in [9.17, 15) is 9.59 Å². The Hall–Kier alpha value is -3.83. The number of ether oxygens (including phenoxy) is 1. The number of esters is 1. The zero-order valence-corrected chi connectivity index (χ0v) is 17.7. The number of carbonyl (C=O) groups is 2. The average Bonchev–Trinajstić information content (AvgIpc) is 3.31. The van der Waals surface area contributed by atoms with E-state index in [0.717, 1.165) is 5.56 Å². The van der Waals surface area contributed by atoms with E-state index in [1.807, 2.05) is 43.3 Å². The molecule has 0 radical (unpaired) electrons. The largest absolute Gasteiger partial charge is 0.461 e. The number of pyridine rings is 1. The van der Waals surface area contributed by atoms with Crippen LogP contribution >= 0.6 is 0 Å². The predicted octanol–water partition coefficient (Wildman–Crippen LogP) is 2.38. The molecule has 3 aromatic rings. The van der Waals surface area contributed by atoms with E-state index >= 15 is 0 Å². The molecule has 0 aliphatic rings. The Kier molecular flexibility index (Phi) is 7.25. The van der Waals surface area contributed by atoms with Gasteiger partial charge in [-0.15, -0.1) is 0 Å². The molecule has 8 heteroatoms. The van der Waals surface area contributed by atoms with Crippen LogP contribution in [0.15, 0.2) is 49.1 Å². The number of benzene rings is 1. The molecule has 0 spiro atoms. The van der Waals surface area contributed by atoms with E-state index < -0.39 is 5.97 Å². The highest BCUT2D eigenvalue weighted by molar-refractivity contribution is 5.96. The predicted molar refractivity (Wildman–Crippen MR) is 116 cm³/mol. The van der Waals surface area contributed by atoms with E-state index in [2.05, 4.69) is 26.9 Å². The van der Waals surface area contributed by atoms with E-state index in [4.69, 9.17) is 4.74 Å². The molecule has 158 valence electrons. The summed E-state index contributed by atoms with van der Waals surface area (Å²) >= 11 is 0. The molecule has 0 unspecified atom stereocenters. The van der Waals surface area contributed by atoms with Crippen molar-refractivity contribution in [3.05, 3.63) is 60.3 Å². The molecule has 3 rings (SSSR count). The lowest BCUT2D eigenvalue weighted by atomic mass is 10.1. The van der Waals surface area contributed by atoms with E-state index in [1.54, 1.807) is 23.7 Å². The Morgan fingerprint density at radius 1 is 1.19 bits per heavy atom. The number of nitrogens with zero attached hydrogens (tertiary/aromatic N) is 5. The minimum atomic E-state index is -0.520. The van der Waals surface area contributed by atoms with E-state index in [0.29, 0.717) is 29.9 Å². The van der Waals surface area contributed by atoms with Gasteiger partial charge in [0.2, 0.25) is 5.78 Å². The molecule has 2 heterocycles. The fourth-order valence-electron chi connectivity index (χ4n) is 2.73. The molecule has 0 saturated carbocycles. The number of hydrogen-bond donors (Lipinski definition) is 0. The summed E-state index contributed by atoms with van der Waals surface area (Å²) in [6.45, 7) is 2.64. The maximum atomic E-state index is 12.3. The zero-order chi connectivity index (χ0) is 22.2. The maximum Gasteiger partial charge on any atom is 0.357 e. The van der Waals surface area contributed by atoms with Crippen molar-refractivity contribution >= 4 is 11.8 Å². The lowest BCUT2D eigenvalue weighted by Gasteiger charge is -2.09. The van der Waals surface area contributed by atoms with Crippen LogP contribution in [0.4, 0.5) is 0 Å². The molecule has 0 atom stereocenters. The Morgan fingerprint density at radius 3 is 2.74 bits per heavy atom. The van der Waals surface area contributed by atoms with Gasteiger partial charge in [-0.2, -0.15) is 5.10 Å². The van der Waals surface area contributed by atoms with Crippen LogP contribution in [0, 0.1) is 11.8 Å². The zero-order valence-electron chi connectivity index (χ0n) is 17.7. The highest BCUT2D eigenvalue weighted by atomic mass is 16.5. The topological polar surface area (TPSA) is 90.2 Å². The number of rotatable bonds is 7. The highest BCUT2D eigenvalue weighted by Crippen LogP contribution is 2.22. The first-order valence-electron chi connectivity index (χ1n) is 9.80. The first-order valence-corrected chi connectivity index (χ1v) is 9.80. The molecule has 0 aliphatic carbocycles. The van der Waals surface area contributed by atoms with Crippen molar-refractivity contribution in [1.82, 2.24) is 24.6 Å². The van der Waals surface area contributed by atoms with Gasteiger partial charge < -0.3 is 9.64 Å². The average molecular weight is 417 g/mol. The van der Waals surface area contributed by atoms with Crippen molar-refractivity contribution < 1.29 is 14.3 Å². The van der Waals surface area contributed by atoms with Gasteiger partial charge in [-0.1, -0.05) is 18.1 Å². The van der Waals surface area contributed by atoms with Crippen molar-refractivity contribution in [2.24, 2.45) is 0 Å². The minimum Gasteiger partial charge on any atom is -0.461 e. The summed E-state index contributed by atoms with van der Waals surface area (Å²) in [5, 5.41) is 4.13. The first-order chi connectivity index (χ1) is 15.0. The van der Waals surface area contributed by atoms with Crippen LogP contribution < -0.4 is 0 Å². The Labute approximate surface area is 180 Å². The smallest absolute Gasteiger partial charge is 0.357 e. The van der Waals surface area contributed by atoms with Gasteiger partial charge in [-0.05, 0) is 51.2 Å². The second-order valence-electron chi connectivity index (χ2n) is 6.96. The standard InChI is InChI=1S/C23H23N5O3/c1-4-31-23(30)22-14-19(28-16-24-15-25-28)13-21(26-22)18-7-5-6-17(12-18)8-9-20(29)10-11-27(2)3/h5-7,12-16H,4,10-11H2,1-3H3. The second-order valence-corrected chi connectivity index (χ2v) is 6.96. The van der Waals surface area contributed by atoms with Gasteiger partial charge in [0.05, 0.1) is 18.0 Å². The summed E-state index contributed by atoms with van der Waals surface area (Å²) in [6.07, 6.45) is 3.33. The van der Waals surface area contributed by atoms with E-state index in [1.165, 1.54) is 12.7 Å². The maximum absolute atomic E-state index is 12.3. The van der Waals surface area contributed by atoms with Crippen molar-refractivity contribution in [2.75, 3.05) is 27.2 Å². The number of aromatic nitrogens is 4. The van der Waals surface area contributed by atoms with Crippen molar-refractivity contribution in [3.8, 4) is 28.8 Å². The van der Waals surface area contributed by atoms with Crippen LogP contribution in [0.5, 0.6) is 0 Å². The van der Waals surface area contributed by atoms with E-state index in [-0.39, 0.29) is 18.1 Å². The Bertz CT molecular complexity index is 1130. The van der Waals surface area contributed by atoms with Gasteiger partial charge in [-0.25, -0.2) is 19.4 Å². The van der Waals surface area contributed by atoms with Crippen LogP contribution in [0.3, 0.4) is 0 Å². The summed E-state index contributed by atoms with van der Waals surface area (Å²) in [7, 11) is 3.82. The molecule has 1 aromatic carbocycles. The van der Waals surface area contributed by atoms with Gasteiger partial charge in [0.25, 0.3) is 0 Å². The van der Waals surface area contributed by atoms with Crippen molar-refractivity contribution in [1.29, 1.82) is 0 Å². The van der Waals surface area contributed by atoms with Gasteiger partial charge in [0.1, 0.15) is 12.7 Å². The number of carbonyl (C=O) groups excluding carboxylic acids is 2. The summed E-state index contributed by atoms with van der Waals surface area (Å²) < 4.78 is 6.65. The molecular formula is C23H23N5O3. The van der Waals surface area contributed by atoms with Crippen molar-refractivity contribution in [2.45, 2.75) is 13.3 Å². The number of ketones is 1. The fourth-order valence-corrected chi connectivity index (χ4v) is 2.73. The summed E-state index contributed by atoms with van der Waals surface area (Å²) in [6, 6.07) is 10.7. The molecule has 0 N–H and O–H groups in total. The third-order valence-electron chi connectivity index (χ3n) is 4.27. The molecule has 0 saturated heterocycles. The molecular weight excluding hydrogens is 394 g/mol. The van der Waals surface area contributed by atoms with Gasteiger partial charge in [0.15, 0.2) is 5.69 Å².